The van der Waals surface area contributed by atoms with E-state index in [-0.39, 0.29) is 22.1 Å². The number of carbonyl (C=O) groups excluding carboxylic acids is 1. The number of anilines is 1. The van der Waals surface area contributed by atoms with Crippen LogP contribution in [0, 0.1) is 11.2 Å². The molecule has 2 aromatic heterocycles. The fraction of sp³-hybridized carbons (Fsp3) is 0.133. The Hall–Kier alpha value is -4.30. The van der Waals surface area contributed by atoms with Gasteiger partial charge in [0.25, 0.3) is 10.0 Å². The molecule has 0 spiro atoms. The van der Waals surface area contributed by atoms with Gasteiger partial charge in [0.15, 0.2) is 5.82 Å². The van der Waals surface area contributed by atoms with E-state index >= 15 is 4.39 Å². The minimum Gasteiger partial charge on any atom is -0.325 e. The number of amides is 1. The molecule has 192 valence electrons. The summed E-state index contributed by atoms with van der Waals surface area (Å²) in [6, 6.07) is 23.5. The average Bonchev–Trinajstić information content (AvgIpc) is 3.30. The van der Waals surface area contributed by atoms with E-state index in [9.17, 15) is 13.2 Å². The highest BCUT2D eigenvalue weighted by Gasteiger charge is 2.26. The lowest BCUT2D eigenvalue weighted by atomic mass is 9.94. The lowest BCUT2D eigenvalue weighted by Crippen LogP contribution is -2.27. The Morgan fingerprint density at radius 2 is 1.50 bits per heavy atom. The Kier molecular flexibility index (Phi) is 6.36. The highest BCUT2D eigenvalue weighted by atomic mass is 32.2. The Balaban J connectivity index is 1.68. The number of hydrogen-bond donors (Lipinski definition) is 1. The quantitative estimate of drug-likeness (QED) is 0.275. The molecule has 0 aliphatic heterocycles. The number of pyridine rings is 1. The molecule has 0 saturated carbocycles. The molecule has 5 aromatic rings. The molecule has 1 N–H and O–H groups in total. The molecule has 5 rings (SSSR count). The van der Waals surface area contributed by atoms with Crippen LogP contribution in [0.5, 0.6) is 0 Å². The number of benzene rings is 3. The molecule has 0 atom stereocenters. The van der Waals surface area contributed by atoms with Crippen LogP contribution < -0.4 is 5.32 Å². The van der Waals surface area contributed by atoms with Crippen molar-refractivity contribution in [2.24, 2.45) is 5.41 Å². The fourth-order valence-corrected chi connectivity index (χ4v) is 5.61. The van der Waals surface area contributed by atoms with Gasteiger partial charge < -0.3 is 5.32 Å². The summed E-state index contributed by atoms with van der Waals surface area (Å²) in [5, 5.41) is 3.44. The monoisotopic (exact) mass is 527 g/mol. The predicted octanol–water partition coefficient (Wildman–Crippen LogP) is 6.73. The van der Waals surface area contributed by atoms with E-state index in [1.54, 1.807) is 93.6 Å². The van der Waals surface area contributed by atoms with Crippen molar-refractivity contribution >= 4 is 32.5 Å². The minimum absolute atomic E-state index is 0.0117. The molecule has 0 aliphatic rings. The molecular weight excluding hydrogens is 501 g/mol. The molecule has 0 saturated heterocycles. The third kappa shape index (κ3) is 4.48. The third-order valence-corrected chi connectivity index (χ3v) is 7.96. The van der Waals surface area contributed by atoms with Crippen LogP contribution >= 0.6 is 0 Å². The van der Waals surface area contributed by atoms with Crippen LogP contribution in [-0.4, -0.2) is 23.3 Å². The van der Waals surface area contributed by atoms with Crippen molar-refractivity contribution in [3.63, 3.8) is 0 Å². The Labute approximate surface area is 220 Å². The molecule has 0 aliphatic carbocycles. The molecule has 1 amide bonds. The van der Waals surface area contributed by atoms with Crippen molar-refractivity contribution in [1.29, 1.82) is 0 Å². The van der Waals surface area contributed by atoms with Crippen molar-refractivity contribution in [2.75, 3.05) is 5.32 Å². The zero-order valence-electron chi connectivity index (χ0n) is 21.1. The lowest BCUT2D eigenvalue weighted by molar-refractivity contribution is -0.123. The van der Waals surface area contributed by atoms with Gasteiger partial charge in [-0.25, -0.2) is 16.8 Å². The molecule has 6 nitrogen and oxygen atoms in total. The van der Waals surface area contributed by atoms with Crippen LogP contribution in [0.4, 0.5) is 10.1 Å². The van der Waals surface area contributed by atoms with Crippen molar-refractivity contribution < 1.29 is 17.6 Å². The molecule has 38 heavy (non-hydrogen) atoms. The van der Waals surface area contributed by atoms with Gasteiger partial charge >= 0.3 is 0 Å². The summed E-state index contributed by atoms with van der Waals surface area (Å²) in [5.41, 5.74) is 1.33. The van der Waals surface area contributed by atoms with Gasteiger partial charge in [-0.3, -0.25) is 9.78 Å². The molecule has 8 heteroatoms. The molecule has 0 bridgehead atoms. The van der Waals surface area contributed by atoms with E-state index in [1.807, 2.05) is 0 Å². The van der Waals surface area contributed by atoms with Crippen LogP contribution in [0.25, 0.3) is 33.3 Å². The Morgan fingerprint density at radius 3 is 2.24 bits per heavy atom. The summed E-state index contributed by atoms with van der Waals surface area (Å²) in [4.78, 5) is 17.1. The summed E-state index contributed by atoms with van der Waals surface area (Å²) in [6.45, 7) is 5.40. The Morgan fingerprint density at radius 1 is 0.842 bits per heavy atom. The maximum atomic E-state index is 16.2. The number of carbonyl (C=O) groups is 1. The number of rotatable bonds is 5. The molecule has 3 aromatic carbocycles. The van der Waals surface area contributed by atoms with Gasteiger partial charge in [0.1, 0.15) is 5.69 Å². The second-order valence-electron chi connectivity index (χ2n) is 9.94. The predicted molar refractivity (Wildman–Crippen MR) is 148 cm³/mol. The summed E-state index contributed by atoms with van der Waals surface area (Å²) in [7, 11) is -3.94. The second-order valence-corrected chi connectivity index (χ2v) is 11.8. The first-order valence-corrected chi connectivity index (χ1v) is 13.5. The second kappa shape index (κ2) is 9.54. The standard InChI is InChI=1S/C30H26FN3O3S/c1-30(2,3)29(35)33-25-15-9-7-13-21(25)23-17-18-32-28(27(23)31)24-19-34(26-16-10-8-14-22(24)26)38(36,37)20-11-5-4-6-12-20/h4-19H,1-3H3,(H,33,35). The third-order valence-electron chi connectivity index (χ3n) is 6.27. The van der Waals surface area contributed by atoms with Gasteiger partial charge in [-0.2, -0.15) is 0 Å². The Bertz CT molecular complexity index is 1770. The van der Waals surface area contributed by atoms with E-state index in [2.05, 4.69) is 10.3 Å². The van der Waals surface area contributed by atoms with Crippen LogP contribution in [0.15, 0.2) is 102 Å². The molecule has 2 heterocycles. The van der Waals surface area contributed by atoms with Gasteiger partial charge in [-0.1, -0.05) is 75.4 Å². The summed E-state index contributed by atoms with van der Waals surface area (Å²) < 4.78 is 44.4. The zero-order valence-corrected chi connectivity index (χ0v) is 22.0. The molecule has 0 fully saturated rings. The highest BCUT2D eigenvalue weighted by Crippen LogP contribution is 2.38. The summed E-state index contributed by atoms with van der Waals surface area (Å²) in [5.74, 6) is -0.821. The number of halogens is 1. The lowest BCUT2D eigenvalue weighted by Gasteiger charge is -2.20. The normalized spacial score (nSPS) is 12.0. The molecular formula is C30H26FN3O3S. The van der Waals surface area contributed by atoms with Gasteiger partial charge in [-0.15, -0.1) is 0 Å². The minimum atomic E-state index is -3.94. The van der Waals surface area contributed by atoms with Crippen molar-refractivity contribution in [2.45, 2.75) is 25.7 Å². The van der Waals surface area contributed by atoms with Crippen LogP contribution in [0.2, 0.25) is 0 Å². The number of para-hydroxylation sites is 2. The van der Waals surface area contributed by atoms with Crippen molar-refractivity contribution in [1.82, 2.24) is 8.96 Å². The zero-order chi connectivity index (χ0) is 27.1. The summed E-state index contributed by atoms with van der Waals surface area (Å²) in [6.07, 6.45) is 2.89. The number of nitrogens with one attached hydrogen (secondary N) is 1. The van der Waals surface area contributed by atoms with E-state index in [0.29, 0.717) is 27.7 Å². The number of fused-ring (bicyclic) bond motifs is 1. The van der Waals surface area contributed by atoms with Crippen molar-refractivity contribution in [3.8, 4) is 22.4 Å². The van der Waals surface area contributed by atoms with Gasteiger partial charge in [0.2, 0.25) is 5.91 Å². The van der Waals surface area contributed by atoms with Gasteiger partial charge in [0, 0.05) is 45.6 Å². The first kappa shape index (κ1) is 25.4. The van der Waals surface area contributed by atoms with Gasteiger partial charge in [-0.05, 0) is 30.3 Å². The SMILES string of the molecule is CC(C)(C)C(=O)Nc1ccccc1-c1ccnc(-c2cn(S(=O)(=O)c3ccccc3)c3ccccc23)c1F. The van der Waals surface area contributed by atoms with Gasteiger partial charge in [0.05, 0.1) is 10.4 Å². The first-order valence-electron chi connectivity index (χ1n) is 12.1. The number of hydrogen-bond acceptors (Lipinski definition) is 4. The topological polar surface area (TPSA) is 81.1 Å². The summed E-state index contributed by atoms with van der Waals surface area (Å²) >= 11 is 0. The van der Waals surface area contributed by atoms with Crippen LogP contribution in [-0.2, 0) is 14.8 Å². The smallest absolute Gasteiger partial charge is 0.268 e. The van der Waals surface area contributed by atoms with Crippen LogP contribution in [0.3, 0.4) is 0 Å². The number of aromatic nitrogens is 2. The molecule has 0 radical (unpaired) electrons. The average molecular weight is 528 g/mol. The van der Waals surface area contributed by atoms with E-state index in [0.717, 1.165) is 3.97 Å². The maximum absolute atomic E-state index is 16.2. The van der Waals surface area contributed by atoms with Crippen LogP contribution in [0.1, 0.15) is 20.8 Å². The number of nitrogens with zero attached hydrogens (tertiary/aromatic N) is 2. The largest absolute Gasteiger partial charge is 0.325 e. The first-order chi connectivity index (χ1) is 18.1. The maximum Gasteiger partial charge on any atom is 0.268 e. The molecule has 0 unspecified atom stereocenters. The van der Waals surface area contributed by atoms with E-state index < -0.39 is 21.3 Å². The van der Waals surface area contributed by atoms with E-state index in [4.69, 9.17) is 0 Å². The highest BCUT2D eigenvalue weighted by molar-refractivity contribution is 7.90. The van der Waals surface area contributed by atoms with Crippen molar-refractivity contribution in [3.05, 3.63) is 103 Å². The van der Waals surface area contributed by atoms with E-state index in [1.165, 1.54) is 24.5 Å². The fourth-order valence-electron chi connectivity index (χ4n) is 4.22.